The average molecular weight is 353 g/mol. The third-order valence-electron chi connectivity index (χ3n) is 5.62. The largest absolute Gasteiger partial charge is 0.371 e. The number of carbonyl (C=O) groups excluding carboxylic acids is 1. The average Bonchev–Trinajstić information content (AvgIpc) is 3.18. The number of piperidine rings is 1. The second-order valence-electron chi connectivity index (χ2n) is 7.49. The van der Waals surface area contributed by atoms with Gasteiger partial charge in [0.15, 0.2) is 0 Å². The monoisotopic (exact) mass is 353 g/mol. The van der Waals surface area contributed by atoms with Crippen LogP contribution in [0.15, 0.2) is 30.5 Å². The van der Waals surface area contributed by atoms with Crippen LogP contribution < -0.4 is 10.2 Å². The molecule has 1 saturated heterocycles. The minimum absolute atomic E-state index is 0.00827. The molecule has 2 aliphatic rings. The van der Waals surface area contributed by atoms with Gasteiger partial charge in [-0.1, -0.05) is 18.2 Å². The van der Waals surface area contributed by atoms with Crippen LogP contribution in [-0.4, -0.2) is 46.9 Å². The maximum atomic E-state index is 12.5. The van der Waals surface area contributed by atoms with Gasteiger partial charge in [-0.15, -0.1) is 0 Å². The predicted octanol–water partition coefficient (Wildman–Crippen LogP) is 3.04. The molecule has 0 spiro atoms. The first-order valence-electron chi connectivity index (χ1n) is 9.49. The van der Waals surface area contributed by atoms with Crippen LogP contribution in [0.3, 0.4) is 0 Å². The van der Waals surface area contributed by atoms with E-state index in [2.05, 4.69) is 39.6 Å². The van der Waals surface area contributed by atoms with Crippen LogP contribution in [0, 0.1) is 12.8 Å². The lowest BCUT2D eigenvalue weighted by Gasteiger charge is -2.34. The maximum Gasteiger partial charge on any atom is 0.321 e. The number of likely N-dealkylation sites (tertiary alicyclic amines) is 1. The number of urea groups is 1. The Balaban J connectivity index is 1.29. The molecular formula is C20H27N5O. The quantitative estimate of drug-likeness (QED) is 0.923. The maximum absolute atomic E-state index is 12.5. The summed E-state index contributed by atoms with van der Waals surface area (Å²) < 4.78 is 1.73. The fraction of sp³-hybridized carbons (Fsp3) is 0.500. The Morgan fingerprint density at radius 3 is 2.73 bits per heavy atom. The summed E-state index contributed by atoms with van der Waals surface area (Å²) in [6.07, 6.45) is 5.14. The van der Waals surface area contributed by atoms with Crippen molar-refractivity contribution >= 4 is 17.4 Å². The first-order chi connectivity index (χ1) is 12.6. The van der Waals surface area contributed by atoms with Gasteiger partial charge in [-0.3, -0.25) is 4.68 Å². The molecule has 138 valence electrons. The Morgan fingerprint density at radius 2 is 2.00 bits per heavy atom. The highest BCUT2D eigenvalue weighted by Gasteiger charge is 2.27. The normalized spacial score (nSPS) is 17.5. The highest BCUT2D eigenvalue weighted by molar-refractivity contribution is 5.89. The Kier molecular flexibility index (Phi) is 4.57. The number of aromatic nitrogens is 2. The molecule has 0 unspecified atom stereocenters. The molecule has 6 heteroatoms. The molecule has 1 aromatic heterocycles. The number of hydrogen-bond acceptors (Lipinski definition) is 3. The lowest BCUT2D eigenvalue weighted by Crippen LogP contribution is -2.43. The summed E-state index contributed by atoms with van der Waals surface area (Å²) in [5.74, 6) is 0.658. The number of anilines is 2. The molecule has 1 fully saturated rings. The van der Waals surface area contributed by atoms with Crippen LogP contribution in [0.2, 0.25) is 0 Å². The smallest absolute Gasteiger partial charge is 0.321 e. The van der Waals surface area contributed by atoms with Gasteiger partial charge < -0.3 is 15.1 Å². The van der Waals surface area contributed by atoms with Gasteiger partial charge in [0.2, 0.25) is 0 Å². The zero-order valence-electron chi connectivity index (χ0n) is 15.6. The number of amides is 2. The van der Waals surface area contributed by atoms with E-state index < -0.39 is 0 Å². The van der Waals surface area contributed by atoms with Crippen LogP contribution in [0.5, 0.6) is 0 Å². The molecular weight excluding hydrogens is 326 g/mol. The van der Waals surface area contributed by atoms with Crippen molar-refractivity contribution < 1.29 is 4.79 Å². The second kappa shape index (κ2) is 7.02. The summed E-state index contributed by atoms with van der Waals surface area (Å²) in [4.78, 5) is 17.0. The van der Waals surface area contributed by atoms with Gasteiger partial charge in [0.1, 0.15) is 0 Å². The van der Waals surface area contributed by atoms with Gasteiger partial charge in [0, 0.05) is 45.1 Å². The number of nitrogens with one attached hydrogen (secondary N) is 1. The minimum Gasteiger partial charge on any atom is -0.371 e. The molecule has 0 bridgehead atoms. The van der Waals surface area contributed by atoms with Gasteiger partial charge in [-0.25, -0.2) is 4.79 Å². The van der Waals surface area contributed by atoms with E-state index in [1.807, 2.05) is 25.1 Å². The summed E-state index contributed by atoms with van der Waals surface area (Å²) in [6, 6.07) is 8.73. The van der Waals surface area contributed by atoms with Crippen molar-refractivity contribution in [3.63, 3.8) is 0 Å². The van der Waals surface area contributed by atoms with Crippen molar-refractivity contribution in [2.45, 2.75) is 26.2 Å². The highest BCUT2D eigenvalue weighted by Crippen LogP contribution is 2.30. The van der Waals surface area contributed by atoms with Crippen LogP contribution in [0.4, 0.5) is 16.2 Å². The summed E-state index contributed by atoms with van der Waals surface area (Å²) >= 11 is 0. The zero-order valence-corrected chi connectivity index (χ0v) is 15.6. The van der Waals surface area contributed by atoms with Crippen molar-refractivity contribution in [3.05, 3.63) is 41.7 Å². The standard InChI is InChI=1S/C20H27N5O/c1-15-18(14-23(2)22-15)21-20(26)24-10-7-16(8-11-24)13-25-12-9-17-5-3-4-6-19(17)25/h3-6,14,16H,7-13H2,1-2H3,(H,21,26). The summed E-state index contributed by atoms with van der Waals surface area (Å²) in [7, 11) is 1.87. The number of aryl methyl sites for hydroxylation is 2. The lowest BCUT2D eigenvalue weighted by atomic mass is 9.96. The van der Waals surface area contributed by atoms with E-state index in [4.69, 9.17) is 0 Å². The molecule has 0 radical (unpaired) electrons. The molecule has 3 heterocycles. The SMILES string of the molecule is Cc1nn(C)cc1NC(=O)N1CCC(CN2CCc3ccccc32)CC1. The summed E-state index contributed by atoms with van der Waals surface area (Å²) in [5, 5.41) is 7.27. The number of carbonyl (C=O) groups is 1. The minimum atomic E-state index is -0.00827. The van der Waals surface area contributed by atoms with Gasteiger partial charge in [0.05, 0.1) is 11.4 Å². The molecule has 0 saturated carbocycles. The number of rotatable bonds is 3. The van der Waals surface area contributed by atoms with Crippen LogP contribution in [-0.2, 0) is 13.5 Å². The lowest BCUT2D eigenvalue weighted by molar-refractivity contribution is 0.183. The van der Waals surface area contributed by atoms with Crippen molar-refractivity contribution in [1.29, 1.82) is 0 Å². The molecule has 0 atom stereocenters. The van der Waals surface area contributed by atoms with Crippen molar-refractivity contribution in [2.24, 2.45) is 13.0 Å². The Morgan fingerprint density at radius 1 is 1.23 bits per heavy atom. The van der Waals surface area contributed by atoms with E-state index in [0.717, 1.165) is 56.8 Å². The van der Waals surface area contributed by atoms with Crippen molar-refractivity contribution in [1.82, 2.24) is 14.7 Å². The van der Waals surface area contributed by atoms with E-state index in [1.54, 1.807) is 4.68 Å². The van der Waals surface area contributed by atoms with Crippen LogP contribution in [0.1, 0.15) is 24.1 Å². The van der Waals surface area contributed by atoms with Crippen molar-refractivity contribution in [3.8, 4) is 0 Å². The molecule has 26 heavy (non-hydrogen) atoms. The van der Waals surface area contributed by atoms with Gasteiger partial charge >= 0.3 is 6.03 Å². The Bertz CT molecular complexity index is 791. The number of hydrogen-bond donors (Lipinski definition) is 1. The summed E-state index contributed by atoms with van der Waals surface area (Å²) in [6.45, 7) is 5.79. The third-order valence-corrected chi connectivity index (χ3v) is 5.62. The molecule has 2 aliphatic heterocycles. The van der Waals surface area contributed by atoms with Crippen LogP contribution in [0.25, 0.3) is 0 Å². The van der Waals surface area contributed by atoms with E-state index >= 15 is 0 Å². The van der Waals surface area contributed by atoms with Crippen molar-refractivity contribution in [2.75, 3.05) is 36.4 Å². The number of nitrogens with zero attached hydrogens (tertiary/aromatic N) is 4. The topological polar surface area (TPSA) is 53.4 Å². The number of benzene rings is 1. The first-order valence-corrected chi connectivity index (χ1v) is 9.49. The van der Waals surface area contributed by atoms with Gasteiger partial charge in [-0.05, 0) is 43.7 Å². The van der Waals surface area contributed by atoms with Crippen LogP contribution >= 0.6 is 0 Å². The summed E-state index contributed by atoms with van der Waals surface area (Å²) in [5.41, 5.74) is 4.52. The molecule has 1 aromatic carbocycles. The molecule has 0 aliphatic carbocycles. The van der Waals surface area contributed by atoms with Gasteiger partial charge in [-0.2, -0.15) is 5.10 Å². The van der Waals surface area contributed by atoms with E-state index in [-0.39, 0.29) is 6.03 Å². The highest BCUT2D eigenvalue weighted by atomic mass is 16.2. The molecule has 2 aromatic rings. The molecule has 1 N–H and O–H groups in total. The van der Waals surface area contributed by atoms with E-state index in [1.165, 1.54) is 11.3 Å². The molecule has 6 nitrogen and oxygen atoms in total. The first kappa shape index (κ1) is 16.9. The van der Waals surface area contributed by atoms with Gasteiger partial charge in [0.25, 0.3) is 0 Å². The fourth-order valence-electron chi connectivity index (χ4n) is 4.14. The second-order valence-corrected chi connectivity index (χ2v) is 7.49. The van der Waals surface area contributed by atoms with E-state index in [0.29, 0.717) is 5.92 Å². The molecule has 2 amide bonds. The Labute approximate surface area is 154 Å². The Hall–Kier alpha value is -2.50. The van der Waals surface area contributed by atoms with E-state index in [9.17, 15) is 4.79 Å². The third kappa shape index (κ3) is 3.41. The predicted molar refractivity (Wildman–Crippen MR) is 104 cm³/mol. The fourth-order valence-corrected chi connectivity index (χ4v) is 4.14. The number of fused-ring (bicyclic) bond motifs is 1. The number of para-hydroxylation sites is 1. The zero-order chi connectivity index (χ0) is 18.1. The molecule has 4 rings (SSSR count).